The van der Waals surface area contributed by atoms with E-state index in [1.807, 2.05) is 26.0 Å². The smallest absolute Gasteiger partial charge is 0.331 e. The number of carbonyl (C=O) groups excluding carboxylic acids is 2. The Balaban J connectivity index is 1.71. The van der Waals surface area contributed by atoms with Gasteiger partial charge in [0.2, 0.25) is 0 Å². The van der Waals surface area contributed by atoms with Crippen molar-refractivity contribution < 1.29 is 14.3 Å². The van der Waals surface area contributed by atoms with E-state index in [2.05, 4.69) is 10.9 Å². The van der Waals surface area contributed by atoms with Crippen molar-refractivity contribution in [2.75, 3.05) is 0 Å². The maximum absolute atomic E-state index is 12.7. The summed E-state index contributed by atoms with van der Waals surface area (Å²) in [7, 11) is 0. The van der Waals surface area contributed by atoms with E-state index >= 15 is 0 Å². The molecule has 0 fully saturated rings. The van der Waals surface area contributed by atoms with Crippen LogP contribution in [0, 0.1) is 13.8 Å². The van der Waals surface area contributed by atoms with Crippen LogP contribution in [-0.4, -0.2) is 27.1 Å². The summed E-state index contributed by atoms with van der Waals surface area (Å²) in [6.07, 6.45) is -0.860. The lowest BCUT2D eigenvalue weighted by atomic mass is 10.1. The third kappa shape index (κ3) is 4.56. The van der Waals surface area contributed by atoms with Crippen LogP contribution in [0.4, 0.5) is 0 Å². The van der Waals surface area contributed by atoms with E-state index in [4.69, 9.17) is 4.74 Å². The van der Waals surface area contributed by atoms with Gasteiger partial charge in [-0.1, -0.05) is 24.3 Å². The van der Waals surface area contributed by atoms with E-state index in [0.717, 1.165) is 15.7 Å². The van der Waals surface area contributed by atoms with Crippen molar-refractivity contribution in [3.63, 3.8) is 0 Å². The first kappa shape index (κ1) is 22.8. The fourth-order valence-corrected chi connectivity index (χ4v) is 3.31. The summed E-state index contributed by atoms with van der Waals surface area (Å²) in [5.74, 6) is -0.584. The number of carbonyl (C=O) groups is 2. The van der Waals surface area contributed by atoms with E-state index in [0.29, 0.717) is 16.7 Å². The Morgan fingerprint density at radius 3 is 2.44 bits per heavy atom. The van der Waals surface area contributed by atoms with Gasteiger partial charge in [0, 0.05) is 6.54 Å². The maximum atomic E-state index is 12.7. The van der Waals surface area contributed by atoms with Crippen molar-refractivity contribution in [1.29, 1.82) is 0 Å². The second-order valence-corrected chi connectivity index (χ2v) is 7.43. The van der Waals surface area contributed by atoms with Gasteiger partial charge in [-0.15, -0.1) is 0 Å². The lowest BCUT2D eigenvalue weighted by molar-refractivity contribution is -0.133. The molecule has 1 unspecified atom stereocenters. The predicted molar refractivity (Wildman–Crippen MR) is 120 cm³/mol. The van der Waals surface area contributed by atoms with Crippen LogP contribution in [0.3, 0.4) is 0 Å². The summed E-state index contributed by atoms with van der Waals surface area (Å²) in [6, 6.07) is 12.1. The van der Waals surface area contributed by atoms with Crippen LogP contribution >= 0.6 is 0 Å². The summed E-state index contributed by atoms with van der Waals surface area (Å²) < 4.78 is 7.97. The van der Waals surface area contributed by atoms with E-state index in [-0.39, 0.29) is 13.1 Å². The van der Waals surface area contributed by atoms with Gasteiger partial charge in [-0.25, -0.2) is 4.79 Å². The molecule has 9 nitrogen and oxygen atoms in total. The van der Waals surface area contributed by atoms with E-state index in [1.165, 1.54) is 4.57 Å². The van der Waals surface area contributed by atoms with Gasteiger partial charge in [0.1, 0.15) is 12.3 Å². The molecule has 0 saturated carbocycles. The molecule has 2 N–H and O–H groups in total. The standard InChI is InChI=1S/C23H26N4O5/c1-5-26-22(30)17-10-6-7-11-18(17)27(23(26)31)13-20(28)24-25-21(29)16(4)32-19-12-8-9-14(2)15(19)3/h6-12,16H,5,13H2,1-4H3,(H,24,28)(H,25,29). The second kappa shape index (κ2) is 9.51. The zero-order valence-corrected chi connectivity index (χ0v) is 18.5. The van der Waals surface area contributed by atoms with Gasteiger partial charge < -0.3 is 4.74 Å². The number of hydrogen-bond acceptors (Lipinski definition) is 5. The number of ether oxygens (including phenoxy) is 1. The molecule has 0 aliphatic carbocycles. The number of nitrogens with one attached hydrogen (secondary N) is 2. The number of aromatic nitrogens is 2. The second-order valence-electron chi connectivity index (χ2n) is 7.43. The van der Waals surface area contributed by atoms with Crippen LogP contribution in [0.2, 0.25) is 0 Å². The topological polar surface area (TPSA) is 111 Å². The first-order chi connectivity index (χ1) is 15.2. The Morgan fingerprint density at radius 1 is 1.00 bits per heavy atom. The summed E-state index contributed by atoms with van der Waals surface area (Å²) in [5.41, 5.74) is 5.93. The summed E-state index contributed by atoms with van der Waals surface area (Å²) >= 11 is 0. The normalized spacial score (nSPS) is 11.8. The van der Waals surface area contributed by atoms with Crippen molar-refractivity contribution in [2.45, 2.75) is 46.9 Å². The molecule has 1 atom stereocenters. The Hall–Kier alpha value is -3.88. The van der Waals surface area contributed by atoms with Crippen molar-refractivity contribution in [1.82, 2.24) is 20.0 Å². The Labute approximate surface area is 184 Å². The predicted octanol–water partition coefficient (Wildman–Crippen LogP) is 1.41. The molecule has 1 heterocycles. The van der Waals surface area contributed by atoms with Crippen LogP contribution in [-0.2, 0) is 22.7 Å². The van der Waals surface area contributed by atoms with E-state index < -0.39 is 29.2 Å². The zero-order chi connectivity index (χ0) is 23.4. The molecule has 0 aliphatic heterocycles. The highest BCUT2D eigenvalue weighted by Crippen LogP contribution is 2.21. The molecule has 2 aromatic carbocycles. The SMILES string of the molecule is CCn1c(=O)c2ccccc2n(CC(=O)NNC(=O)C(C)Oc2cccc(C)c2C)c1=O. The minimum atomic E-state index is -0.860. The molecule has 2 amide bonds. The Morgan fingerprint density at radius 2 is 1.72 bits per heavy atom. The van der Waals surface area contributed by atoms with Crippen LogP contribution in [0.5, 0.6) is 5.75 Å². The number of hydrazine groups is 1. The molecule has 1 aromatic heterocycles. The molecule has 3 aromatic rings. The quantitative estimate of drug-likeness (QED) is 0.566. The lowest BCUT2D eigenvalue weighted by Gasteiger charge is -2.18. The first-order valence-corrected chi connectivity index (χ1v) is 10.3. The third-order valence-electron chi connectivity index (χ3n) is 5.30. The largest absolute Gasteiger partial charge is 0.481 e. The molecule has 32 heavy (non-hydrogen) atoms. The highest BCUT2D eigenvalue weighted by Gasteiger charge is 2.18. The van der Waals surface area contributed by atoms with Crippen molar-refractivity contribution in [3.8, 4) is 5.75 Å². The summed E-state index contributed by atoms with van der Waals surface area (Å²) in [5, 5.41) is 0.335. The molecule has 168 valence electrons. The van der Waals surface area contributed by atoms with Crippen molar-refractivity contribution in [2.24, 2.45) is 0 Å². The minimum Gasteiger partial charge on any atom is -0.481 e. The van der Waals surface area contributed by atoms with Gasteiger partial charge >= 0.3 is 5.69 Å². The number of aryl methyl sites for hydroxylation is 1. The average Bonchev–Trinajstić information content (AvgIpc) is 2.78. The van der Waals surface area contributed by atoms with Crippen molar-refractivity contribution in [3.05, 3.63) is 74.4 Å². The number of benzene rings is 2. The van der Waals surface area contributed by atoms with Crippen LogP contribution < -0.4 is 26.8 Å². The molecule has 3 rings (SSSR count). The lowest BCUT2D eigenvalue weighted by Crippen LogP contribution is -2.49. The zero-order valence-electron chi connectivity index (χ0n) is 18.5. The fraction of sp³-hybridized carbons (Fsp3) is 0.304. The summed E-state index contributed by atoms with van der Waals surface area (Å²) in [4.78, 5) is 50.0. The Bertz CT molecular complexity index is 1290. The molecule has 0 saturated heterocycles. The third-order valence-corrected chi connectivity index (χ3v) is 5.30. The highest BCUT2D eigenvalue weighted by molar-refractivity contribution is 5.85. The molecule has 0 bridgehead atoms. The van der Waals surface area contributed by atoms with Gasteiger partial charge in [-0.05, 0) is 57.0 Å². The van der Waals surface area contributed by atoms with Gasteiger partial charge in [0.05, 0.1) is 10.9 Å². The van der Waals surface area contributed by atoms with Crippen molar-refractivity contribution >= 4 is 22.7 Å². The molecule has 0 spiro atoms. The van der Waals surface area contributed by atoms with Crippen LogP contribution in [0.1, 0.15) is 25.0 Å². The number of rotatable bonds is 6. The maximum Gasteiger partial charge on any atom is 0.331 e. The summed E-state index contributed by atoms with van der Waals surface area (Å²) in [6.45, 7) is 6.90. The molecule has 9 heteroatoms. The molecule has 0 radical (unpaired) electrons. The number of nitrogens with zero attached hydrogens (tertiary/aromatic N) is 2. The molecule has 0 aliphatic rings. The van der Waals surface area contributed by atoms with Gasteiger partial charge in [0.15, 0.2) is 6.10 Å². The number of fused-ring (bicyclic) bond motifs is 1. The Kier molecular flexibility index (Phi) is 6.77. The number of hydrogen-bond donors (Lipinski definition) is 2. The van der Waals surface area contributed by atoms with Gasteiger partial charge in [0.25, 0.3) is 17.4 Å². The van der Waals surface area contributed by atoms with E-state index in [9.17, 15) is 19.2 Å². The average molecular weight is 438 g/mol. The minimum absolute atomic E-state index is 0.175. The van der Waals surface area contributed by atoms with Gasteiger partial charge in [-0.2, -0.15) is 0 Å². The fourth-order valence-electron chi connectivity index (χ4n) is 3.31. The van der Waals surface area contributed by atoms with E-state index in [1.54, 1.807) is 44.2 Å². The highest BCUT2D eigenvalue weighted by atomic mass is 16.5. The van der Waals surface area contributed by atoms with Crippen LogP contribution in [0.15, 0.2) is 52.1 Å². The molecular weight excluding hydrogens is 412 g/mol. The number of para-hydroxylation sites is 1. The van der Waals surface area contributed by atoms with Crippen LogP contribution in [0.25, 0.3) is 10.9 Å². The monoisotopic (exact) mass is 438 g/mol. The van der Waals surface area contributed by atoms with Gasteiger partial charge in [-0.3, -0.25) is 34.4 Å². The first-order valence-electron chi connectivity index (χ1n) is 10.3. The molecular formula is C23H26N4O5. The number of amides is 2.